The Kier molecular flexibility index (Phi) is 5.93. The number of benzene rings is 5. The molecular formula is C29H30O3Si. The molecule has 0 aromatic heterocycles. The van der Waals surface area contributed by atoms with E-state index < -0.39 is 8.80 Å². The smallest absolute Gasteiger partial charge is 0.370 e. The van der Waals surface area contributed by atoms with E-state index in [1.165, 1.54) is 48.7 Å². The first kappa shape index (κ1) is 22.1. The van der Waals surface area contributed by atoms with Crippen LogP contribution in [-0.4, -0.2) is 28.6 Å². The topological polar surface area (TPSA) is 27.7 Å². The standard InChI is InChI=1S/C29H30O3Si/c1-5-30-33(31-6-2,32-7-3)29-11-10-22-14-25-16-24-13-21-9-8-20(4)12-23(21)15-26(24)17-27(25)18-28(22)19-29/h8-19H,5-7H2,1-4H3. The molecule has 0 saturated carbocycles. The van der Waals surface area contributed by atoms with Crippen molar-refractivity contribution in [2.45, 2.75) is 27.7 Å². The molecule has 0 heterocycles. The molecule has 4 heteroatoms. The number of hydrogen-bond acceptors (Lipinski definition) is 3. The minimum Gasteiger partial charge on any atom is -0.370 e. The second-order valence-electron chi connectivity index (χ2n) is 8.52. The van der Waals surface area contributed by atoms with Gasteiger partial charge in [0.2, 0.25) is 0 Å². The van der Waals surface area contributed by atoms with Crippen LogP contribution in [-0.2, 0) is 13.3 Å². The van der Waals surface area contributed by atoms with E-state index in [4.69, 9.17) is 13.3 Å². The second-order valence-corrected chi connectivity index (χ2v) is 11.1. The summed E-state index contributed by atoms with van der Waals surface area (Å²) in [7, 11) is -2.94. The highest BCUT2D eigenvalue weighted by atomic mass is 28.4. The first-order valence-electron chi connectivity index (χ1n) is 11.8. The molecule has 0 aliphatic rings. The first-order valence-corrected chi connectivity index (χ1v) is 13.5. The molecule has 0 amide bonds. The van der Waals surface area contributed by atoms with Gasteiger partial charge >= 0.3 is 8.80 Å². The first-order chi connectivity index (χ1) is 16.0. The lowest BCUT2D eigenvalue weighted by molar-refractivity contribution is 0.0859. The van der Waals surface area contributed by atoms with Gasteiger partial charge in [-0.1, -0.05) is 35.9 Å². The average molecular weight is 455 g/mol. The Balaban J connectivity index is 1.68. The summed E-state index contributed by atoms with van der Waals surface area (Å²) < 4.78 is 18.4. The Morgan fingerprint density at radius 2 is 0.879 bits per heavy atom. The molecule has 0 saturated heterocycles. The molecule has 3 nitrogen and oxygen atoms in total. The summed E-state index contributed by atoms with van der Waals surface area (Å²) in [6.07, 6.45) is 0. The summed E-state index contributed by atoms with van der Waals surface area (Å²) in [4.78, 5) is 0. The van der Waals surface area contributed by atoms with Crippen molar-refractivity contribution >= 4 is 57.1 Å². The van der Waals surface area contributed by atoms with Crippen molar-refractivity contribution in [2.75, 3.05) is 19.8 Å². The highest BCUT2D eigenvalue weighted by Gasteiger charge is 2.43. The van der Waals surface area contributed by atoms with Gasteiger partial charge in [0.1, 0.15) is 0 Å². The number of fused-ring (bicyclic) bond motifs is 4. The molecule has 168 valence electrons. The largest absolute Gasteiger partial charge is 0.537 e. The molecular weight excluding hydrogens is 424 g/mol. The third-order valence-electron chi connectivity index (χ3n) is 6.22. The van der Waals surface area contributed by atoms with Crippen LogP contribution in [0.5, 0.6) is 0 Å². The summed E-state index contributed by atoms with van der Waals surface area (Å²) in [6.45, 7) is 9.79. The molecule has 0 fully saturated rings. The highest BCUT2D eigenvalue weighted by molar-refractivity contribution is 6.75. The van der Waals surface area contributed by atoms with Crippen LogP contribution >= 0.6 is 0 Å². The van der Waals surface area contributed by atoms with Crippen molar-refractivity contribution in [3.8, 4) is 0 Å². The molecule has 33 heavy (non-hydrogen) atoms. The SMILES string of the molecule is CCO[Si](OCC)(OCC)c1ccc2cc3cc4cc5ccc(C)cc5cc4cc3cc2c1. The lowest BCUT2D eigenvalue weighted by atomic mass is 9.97. The van der Waals surface area contributed by atoms with Crippen LogP contribution in [0, 0.1) is 6.92 Å². The second kappa shape index (κ2) is 8.88. The zero-order valence-electron chi connectivity index (χ0n) is 19.8. The third kappa shape index (κ3) is 4.04. The number of rotatable bonds is 7. The van der Waals surface area contributed by atoms with Crippen LogP contribution < -0.4 is 5.19 Å². The van der Waals surface area contributed by atoms with Gasteiger partial charge in [-0.15, -0.1) is 0 Å². The summed E-state index contributed by atoms with van der Waals surface area (Å²) >= 11 is 0. The third-order valence-corrected chi connectivity index (χ3v) is 9.24. The van der Waals surface area contributed by atoms with Crippen molar-refractivity contribution < 1.29 is 13.3 Å². The van der Waals surface area contributed by atoms with Gasteiger partial charge < -0.3 is 13.3 Å². The average Bonchev–Trinajstić information content (AvgIpc) is 2.80. The van der Waals surface area contributed by atoms with E-state index in [1.54, 1.807) is 0 Å². The van der Waals surface area contributed by atoms with Crippen molar-refractivity contribution in [3.63, 3.8) is 0 Å². The van der Waals surface area contributed by atoms with Crippen LogP contribution in [0.3, 0.4) is 0 Å². The van der Waals surface area contributed by atoms with Crippen molar-refractivity contribution in [1.82, 2.24) is 0 Å². The normalized spacial score (nSPS) is 12.4. The Morgan fingerprint density at radius 1 is 0.485 bits per heavy atom. The summed E-state index contributed by atoms with van der Waals surface area (Å²) in [5, 5.41) is 11.0. The van der Waals surface area contributed by atoms with E-state index in [-0.39, 0.29) is 0 Å². The quantitative estimate of drug-likeness (QED) is 0.198. The summed E-state index contributed by atoms with van der Waals surface area (Å²) in [6, 6.07) is 26.9. The maximum atomic E-state index is 6.14. The molecule has 0 spiro atoms. The molecule has 0 aliphatic carbocycles. The van der Waals surface area contributed by atoms with E-state index in [0.29, 0.717) is 19.8 Å². The predicted molar refractivity (Wildman–Crippen MR) is 141 cm³/mol. The van der Waals surface area contributed by atoms with Crippen LogP contribution in [0.15, 0.2) is 72.8 Å². The van der Waals surface area contributed by atoms with Crippen molar-refractivity contribution in [1.29, 1.82) is 0 Å². The van der Waals surface area contributed by atoms with Gasteiger partial charge in [-0.05, 0) is 113 Å². The van der Waals surface area contributed by atoms with E-state index in [2.05, 4.69) is 79.7 Å². The van der Waals surface area contributed by atoms with E-state index >= 15 is 0 Å². The molecule has 5 aromatic rings. The van der Waals surface area contributed by atoms with Crippen LogP contribution in [0.2, 0.25) is 0 Å². The molecule has 5 rings (SSSR count). The molecule has 0 unspecified atom stereocenters. The Hall–Kier alpha value is -2.76. The predicted octanol–water partition coefficient (Wildman–Crippen LogP) is 6.86. The summed E-state index contributed by atoms with van der Waals surface area (Å²) in [5.74, 6) is 0. The van der Waals surface area contributed by atoms with Gasteiger partial charge in [0, 0.05) is 25.0 Å². The fraction of sp³-hybridized carbons (Fsp3) is 0.241. The van der Waals surface area contributed by atoms with Gasteiger partial charge in [-0.25, -0.2) is 0 Å². The molecule has 0 radical (unpaired) electrons. The summed E-state index contributed by atoms with van der Waals surface area (Å²) in [5.41, 5.74) is 1.28. The maximum absolute atomic E-state index is 6.14. The van der Waals surface area contributed by atoms with Gasteiger partial charge in [0.15, 0.2) is 0 Å². The molecule has 0 bridgehead atoms. The Morgan fingerprint density at radius 3 is 1.36 bits per heavy atom. The zero-order valence-corrected chi connectivity index (χ0v) is 20.8. The highest BCUT2D eigenvalue weighted by Crippen LogP contribution is 2.30. The van der Waals surface area contributed by atoms with Gasteiger partial charge in [-0.3, -0.25) is 0 Å². The van der Waals surface area contributed by atoms with Gasteiger partial charge in [0.05, 0.1) is 0 Å². The van der Waals surface area contributed by atoms with E-state index in [1.807, 2.05) is 20.8 Å². The molecule has 0 atom stereocenters. The number of hydrogen-bond donors (Lipinski definition) is 0. The van der Waals surface area contributed by atoms with Crippen LogP contribution in [0.25, 0.3) is 43.1 Å². The fourth-order valence-electron chi connectivity index (χ4n) is 4.76. The maximum Gasteiger partial charge on any atom is 0.537 e. The molecule has 5 aromatic carbocycles. The Labute approximate surface area is 196 Å². The number of aryl methyl sites for hydroxylation is 1. The van der Waals surface area contributed by atoms with Gasteiger partial charge in [0.25, 0.3) is 0 Å². The van der Waals surface area contributed by atoms with Crippen molar-refractivity contribution in [2.24, 2.45) is 0 Å². The van der Waals surface area contributed by atoms with E-state index in [0.717, 1.165) is 5.19 Å². The Bertz CT molecular complexity index is 1460. The fourth-order valence-corrected chi connectivity index (χ4v) is 7.27. The minimum atomic E-state index is -2.94. The monoisotopic (exact) mass is 454 g/mol. The lowest BCUT2D eigenvalue weighted by Gasteiger charge is -2.28. The van der Waals surface area contributed by atoms with Crippen LogP contribution in [0.4, 0.5) is 0 Å². The van der Waals surface area contributed by atoms with Crippen molar-refractivity contribution in [3.05, 3.63) is 78.4 Å². The zero-order chi connectivity index (χ0) is 23.0. The molecule has 0 aliphatic heterocycles. The molecule has 0 N–H and O–H groups in total. The van der Waals surface area contributed by atoms with Gasteiger partial charge in [-0.2, -0.15) is 0 Å². The lowest BCUT2D eigenvalue weighted by Crippen LogP contribution is -2.56. The minimum absolute atomic E-state index is 0.557. The van der Waals surface area contributed by atoms with Crippen LogP contribution in [0.1, 0.15) is 26.3 Å². The van der Waals surface area contributed by atoms with E-state index in [9.17, 15) is 0 Å².